The van der Waals surface area contributed by atoms with Crippen molar-refractivity contribution in [1.82, 2.24) is 15.0 Å². The standard InChI is InChI=1S/C9H17N3O2/c1-4-8(6-14-3)12-7(2)9(5-13)10-11-12/h8,13H,4-6H2,1-3H3. The zero-order valence-corrected chi connectivity index (χ0v) is 8.90. The number of ether oxygens (including phenoxy) is 1. The molecule has 0 aliphatic rings. The molecule has 0 saturated heterocycles. The lowest BCUT2D eigenvalue weighted by molar-refractivity contribution is 0.145. The Kier molecular flexibility index (Phi) is 4.03. The molecule has 0 spiro atoms. The molecule has 5 nitrogen and oxygen atoms in total. The van der Waals surface area contributed by atoms with Crippen molar-refractivity contribution in [2.45, 2.75) is 32.9 Å². The predicted octanol–water partition coefficient (Wildman–Crippen LogP) is 0.676. The first kappa shape index (κ1) is 11.1. The molecule has 14 heavy (non-hydrogen) atoms. The number of aliphatic hydroxyl groups excluding tert-OH is 1. The van der Waals surface area contributed by atoms with Crippen LogP contribution in [0.25, 0.3) is 0 Å². The fourth-order valence-corrected chi connectivity index (χ4v) is 1.42. The molecule has 0 saturated carbocycles. The number of rotatable bonds is 5. The third-order valence-corrected chi connectivity index (χ3v) is 2.35. The average molecular weight is 199 g/mol. The van der Waals surface area contributed by atoms with Crippen LogP contribution in [0.3, 0.4) is 0 Å². The van der Waals surface area contributed by atoms with E-state index in [0.29, 0.717) is 12.3 Å². The second-order valence-electron chi connectivity index (χ2n) is 3.24. The number of hydrogen-bond acceptors (Lipinski definition) is 4. The first-order valence-corrected chi connectivity index (χ1v) is 4.75. The zero-order valence-electron chi connectivity index (χ0n) is 8.90. The summed E-state index contributed by atoms with van der Waals surface area (Å²) in [5.41, 5.74) is 1.55. The van der Waals surface area contributed by atoms with Gasteiger partial charge in [0.05, 0.1) is 24.9 Å². The summed E-state index contributed by atoms with van der Waals surface area (Å²) in [7, 11) is 1.67. The van der Waals surface area contributed by atoms with Gasteiger partial charge in [-0.15, -0.1) is 5.10 Å². The van der Waals surface area contributed by atoms with Crippen LogP contribution in [-0.2, 0) is 11.3 Å². The van der Waals surface area contributed by atoms with Crippen LogP contribution in [0.2, 0.25) is 0 Å². The quantitative estimate of drug-likeness (QED) is 0.757. The monoisotopic (exact) mass is 199 g/mol. The second-order valence-corrected chi connectivity index (χ2v) is 3.24. The Bertz CT molecular complexity index is 286. The highest BCUT2D eigenvalue weighted by Crippen LogP contribution is 2.14. The molecule has 0 aliphatic heterocycles. The highest BCUT2D eigenvalue weighted by atomic mass is 16.5. The summed E-state index contributed by atoms with van der Waals surface area (Å²) in [6, 6.07) is 0.202. The minimum absolute atomic E-state index is 0.0603. The average Bonchev–Trinajstić information content (AvgIpc) is 2.56. The van der Waals surface area contributed by atoms with Crippen LogP contribution in [0.1, 0.15) is 30.8 Å². The third kappa shape index (κ3) is 2.10. The van der Waals surface area contributed by atoms with E-state index in [4.69, 9.17) is 9.84 Å². The Morgan fingerprint density at radius 2 is 2.29 bits per heavy atom. The van der Waals surface area contributed by atoms with E-state index >= 15 is 0 Å². The lowest BCUT2D eigenvalue weighted by atomic mass is 10.2. The molecule has 1 aromatic rings. The van der Waals surface area contributed by atoms with Crippen LogP contribution in [0, 0.1) is 6.92 Å². The summed E-state index contributed by atoms with van der Waals surface area (Å²) in [4.78, 5) is 0. The Labute approximate surface area is 83.7 Å². The topological polar surface area (TPSA) is 60.2 Å². The van der Waals surface area contributed by atoms with Crippen molar-refractivity contribution >= 4 is 0 Å². The van der Waals surface area contributed by atoms with E-state index in [9.17, 15) is 0 Å². The molecule has 0 fully saturated rings. The van der Waals surface area contributed by atoms with E-state index in [1.807, 2.05) is 11.6 Å². The van der Waals surface area contributed by atoms with Crippen LogP contribution >= 0.6 is 0 Å². The van der Waals surface area contributed by atoms with Gasteiger partial charge in [-0.2, -0.15) is 0 Å². The number of aromatic nitrogens is 3. The lowest BCUT2D eigenvalue weighted by Gasteiger charge is -2.15. The van der Waals surface area contributed by atoms with Crippen molar-refractivity contribution < 1.29 is 9.84 Å². The molecule has 0 amide bonds. The van der Waals surface area contributed by atoms with E-state index in [1.165, 1.54) is 0 Å². The molecule has 0 bridgehead atoms. The molecular weight excluding hydrogens is 182 g/mol. The second kappa shape index (κ2) is 5.07. The van der Waals surface area contributed by atoms with Crippen molar-refractivity contribution in [2.75, 3.05) is 13.7 Å². The van der Waals surface area contributed by atoms with Crippen LogP contribution in [0.4, 0.5) is 0 Å². The zero-order chi connectivity index (χ0) is 10.6. The van der Waals surface area contributed by atoms with Crippen molar-refractivity contribution in [3.63, 3.8) is 0 Å². The number of nitrogens with zero attached hydrogens (tertiary/aromatic N) is 3. The number of hydrogen-bond donors (Lipinski definition) is 1. The van der Waals surface area contributed by atoms with Crippen molar-refractivity contribution in [3.05, 3.63) is 11.4 Å². The van der Waals surface area contributed by atoms with Crippen LogP contribution in [0.15, 0.2) is 0 Å². The van der Waals surface area contributed by atoms with Gasteiger partial charge in [-0.1, -0.05) is 12.1 Å². The van der Waals surface area contributed by atoms with Crippen molar-refractivity contribution in [1.29, 1.82) is 0 Å². The summed E-state index contributed by atoms with van der Waals surface area (Å²) >= 11 is 0. The number of methoxy groups -OCH3 is 1. The molecule has 1 N–H and O–H groups in total. The van der Waals surface area contributed by atoms with E-state index in [2.05, 4.69) is 17.2 Å². The molecule has 1 rings (SSSR count). The molecule has 5 heteroatoms. The van der Waals surface area contributed by atoms with Gasteiger partial charge in [0.1, 0.15) is 5.69 Å². The molecule has 0 radical (unpaired) electrons. The largest absolute Gasteiger partial charge is 0.390 e. The Balaban J connectivity index is 2.87. The normalized spacial score (nSPS) is 13.1. The molecule has 1 heterocycles. The van der Waals surface area contributed by atoms with Gasteiger partial charge in [-0.05, 0) is 13.3 Å². The first-order chi connectivity index (χ1) is 6.74. The molecular formula is C9H17N3O2. The Morgan fingerprint density at radius 3 is 2.71 bits per heavy atom. The Hall–Kier alpha value is -0.940. The highest BCUT2D eigenvalue weighted by Gasteiger charge is 2.15. The van der Waals surface area contributed by atoms with Crippen molar-refractivity contribution in [3.8, 4) is 0 Å². The SMILES string of the molecule is CCC(COC)n1nnc(CO)c1C. The minimum Gasteiger partial charge on any atom is -0.390 e. The fourth-order valence-electron chi connectivity index (χ4n) is 1.42. The maximum absolute atomic E-state index is 8.97. The van der Waals surface area contributed by atoms with E-state index in [0.717, 1.165) is 12.1 Å². The van der Waals surface area contributed by atoms with Crippen LogP contribution < -0.4 is 0 Å². The van der Waals surface area contributed by atoms with E-state index in [1.54, 1.807) is 7.11 Å². The van der Waals surface area contributed by atoms with E-state index in [-0.39, 0.29) is 12.6 Å². The highest BCUT2D eigenvalue weighted by molar-refractivity contribution is 5.07. The van der Waals surface area contributed by atoms with Gasteiger partial charge < -0.3 is 9.84 Å². The van der Waals surface area contributed by atoms with E-state index < -0.39 is 0 Å². The van der Waals surface area contributed by atoms with Gasteiger partial charge in [0.25, 0.3) is 0 Å². The predicted molar refractivity (Wildman–Crippen MR) is 51.9 cm³/mol. The maximum Gasteiger partial charge on any atom is 0.111 e. The summed E-state index contributed by atoms with van der Waals surface area (Å²) < 4.78 is 6.91. The first-order valence-electron chi connectivity index (χ1n) is 4.75. The van der Waals surface area contributed by atoms with Crippen LogP contribution in [0.5, 0.6) is 0 Å². The maximum atomic E-state index is 8.97. The summed E-state index contributed by atoms with van der Waals surface area (Å²) in [5, 5.41) is 16.9. The molecule has 0 aromatic carbocycles. The van der Waals surface area contributed by atoms with Gasteiger partial charge >= 0.3 is 0 Å². The summed E-state index contributed by atoms with van der Waals surface area (Å²) in [6.45, 7) is 4.54. The van der Waals surface area contributed by atoms with Gasteiger partial charge in [0.2, 0.25) is 0 Å². The fraction of sp³-hybridized carbons (Fsp3) is 0.778. The van der Waals surface area contributed by atoms with Gasteiger partial charge in [-0.25, -0.2) is 4.68 Å². The Morgan fingerprint density at radius 1 is 1.57 bits per heavy atom. The molecule has 1 unspecified atom stereocenters. The summed E-state index contributed by atoms with van der Waals surface area (Å²) in [6.07, 6.45) is 0.933. The van der Waals surface area contributed by atoms with Gasteiger partial charge in [-0.3, -0.25) is 0 Å². The lowest BCUT2D eigenvalue weighted by Crippen LogP contribution is -2.16. The number of aliphatic hydroxyl groups is 1. The molecule has 0 aliphatic carbocycles. The van der Waals surface area contributed by atoms with Crippen LogP contribution in [-0.4, -0.2) is 33.8 Å². The summed E-state index contributed by atoms with van der Waals surface area (Å²) in [5.74, 6) is 0. The van der Waals surface area contributed by atoms with Crippen molar-refractivity contribution in [2.24, 2.45) is 0 Å². The smallest absolute Gasteiger partial charge is 0.111 e. The molecule has 1 atom stereocenters. The van der Waals surface area contributed by atoms with Gasteiger partial charge in [0.15, 0.2) is 0 Å². The third-order valence-electron chi connectivity index (χ3n) is 2.35. The van der Waals surface area contributed by atoms with Gasteiger partial charge in [0, 0.05) is 7.11 Å². The molecule has 80 valence electrons. The minimum atomic E-state index is -0.0603. The molecule has 1 aromatic heterocycles.